The maximum Gasteiger partial charge on any atom is 0.174 e. The lowest BCUT2D eigenvalue weighted by Crippen LogP contribution is -2.29. The smallest absolute Gasteiger partial charge is 0.174 e. The summed E-state index contributed by atoms with van der Waals surface area (Å²) in [6.45, 7) is 1.74. The highest BCUT2D eigenvalue weighted by Crippen LogP contribution is 2.43. The molecule has 2 aromatic heterocycles. The number of pyridine rings is 1. The third-order valence-corrected chi connectivity index (χ3v) is 6.94. The fourth-order valence-electron chi connectivity index (χ4n) is 3.87. The van der Waals surface area contributed by atoms with E-state index in [-0.39, 0.29) is 17.9 Å². The number of nitrogens with zero attached hydrogens (tertiary/aromatic N) is 2. The number of aromatic nitrogens is 1. The van der Waals surface area contributed by atoms with Gasteiger partial charge in [-0.25, -0.2) is 4.39 Å². The molecule has 0 aliphatic carbocycles. The Hall–Kier alpha value is -2.87. The van der Waals surface area contributed by atoms with Crippen molar-refractivity contribution >= 4 is 46.4 Å². The van der Waals surface area contributed by atoms with Gasteiger partial charge in [0.15, 0.2) is 10.2 Å². The molecule has 0 bridgehead atoms. The molecule has 4 aromatic rings. The Morgan fingerprint density at radius 2 is 1.91 bits per heavy atom. The molecule has 0 amide bonds. The fraction of sp³-hybridized carbons (Fsp3) is 0.120. The van der Waals surface area contributed by atoms with E-state index >= 15 is 0 Å². The molecule has 166 valence electrons. The zero-order chi connectivity index (χ0) is 22.9. The topological polar surface area (TPSA) is 41.3 Å². The van der Waals surface area contributed by atoms with E-state index in [2.05, 4.69) is 10.3 Å². The van der Waals surface area contributed by atoms with E-state index in [0.717, 1.165) is 27.1 Å². The van der Waals surface area contributed by atoms with Crippen molar-refractivity contribution in [1.82, 2.24) is 10.3 Å². The lowest BCUT2D eigenvalue weighted by atomic mass is 10.0. The van der Waals surface area contributed by atoms with E-state index in [4.69, 9.17) is 28.2 Å². The molecule has 0 unspecified atom stereocenters. The van der Waals surface area contributed by atoms with Crippen molar-refractivity contribution in [2.45, 2.75) is 29.0 Å². The highest BCUT2D eigenvalue weighted by molar-refractivity contribution is 7.99. The van der Waals surface area contributed by atoms with Gasteiger partial charge in [0.2, 0.25) is 0 Å². The van der Waals surface area contributed by atoms with E-state index in [0.29, 0.717) is 15.7 Å². The Kier molecular flexibility index (Phi) is 6.10. The molecule has 1 N–H and O–H groups in total. The maximum absolute atomic E-state index is 14.0. The third-order valence-electron chi connectivity index (χ3n) is 5.44. The largest absolute Gasteiger partial charge is 0.452 e. The molecule has 1 fully saturated rings. The molecule has 3 heterocycles. The number of thiocarbonyl (C=S) groups is 1. The van der Waals surface area contributed by atoms with E-state index in [9.17, 15) is 4.39 Å². The predicted octanol–water partition coefficient (Wildman–Crippen LogP) is 7.10. The molecule has 5 rings (SSSR count). The number of rotatable bonds is 5. The molecule has 2 aromatic carbocycles. The first-order valence-corrected chi connectivity index (χ1v) is 11.9. The van der Waals surface area contributed by atoms with Crippen molar-refractivity contribution in [3.05, 3.63) is 107 Å². The summed E-state index contributed by atoms with van der Waals surface area (Å²) >= 11 is 13.2. The Bertz CT molecular complexity index is 1300. The molecule has 0 spiro atoms. The van der Waals surface area contributed by atoms with Crippen LogP contribution in [0.3, 0.4) is 0 Å². The second-order valence-corrected chi connectivity index (χ2v) is 9.54. The van der Waals surface area contributed by atoms with Gasteiger partial charge in [0.05, 0.1) is 11.7 Å². The van der Waals surface area contributed by atoms with Crippen LogP contribution in [0.5, 0.6) is 0 Å². The molecule has 33 heavy (non-hydrogen) atoms. The summed E-state index contributed by atoms with van der Waals surface area (Å²) in [4.78, 5) is 7.54. The van der Waals surface area contributed by atoms with Crippen LogP contribution in [0.2, 0.25) is 5.02 Å². The first kappa shape index (κ1) is 21.9. The highest BCUT2D eigenvalue weighted by Gasteiger charge is 2.42. The van der Waals surface area contributed by atoms with Gasteiger partial charge in [-0.3, -0.25) is 4.98 Å². The summed E-state index contributed by atoms with van der Waals surface area (Å²) in [5.41, 5.74) is 2.18. The minimum Gasteiger partial charge on any atom is -0.452 e. The van der Waals surface area contributed by atoms with Crippen molar-refractivity contribution in [3.63, 3.8) is 0 Å². The van der Waals surface area contributed by atoms with Crippen molar-refractivity contribution in [2.75, 3.05) is 4.90 Å². The quantitative estimate of drug-likeness (QED) is 0.298. The summed E-state index contributed by atoms with van der Waals surface area (Å²) in [5.74, 6) is 0.478. The summed E-state index contributed by atoms with van der Waals surface area (Å²) in [7, 11) is 0. The van der Waals surface area contributed by atoms with Gasteiger partial charge in [-0.2, -0.15) is 0 Å². The SMILES string of the molecule is Cc1cc(N2C(=S)N[C@@H](c3ccccn3)[C@@H]2c2ccc(Sc3ccc(Cl)cc3)o2)ccc1F. The molecule has 8 heteroatoms. The van der Waals surface area contributed by atoms with Gasteiger partial charge < -0.3 is 14.6 Å². The van der Waals surface area contributed by atoms with Gasteiger partial charge in [-0.05, 0) is 91.4 Å². The van der Waals surface area contributed by atoms with E-state index in [1.165, 1.54) is 17.8 Å². The van der Waals surface area contributed by atoms with Gasteiger partial charge in [-0.15, -0.1) is 0 Å². The zero-order valence-electron chi connectivity index (χ0n) is 17.5. The Morgan fingerprint density at radius 3 is 2.64 bits per heavy atom. The van der Waals surface area contributed by atoms with Gasteiger partial charge in [0.1, 0.15) is 17.6 Å². The zero-order valence-corrected chi connectivity index (χ0v) is 19.9. The monoisotopic (exact) mass is 495 g/mol. The fourth-order valence-corrected chi connectivity index (χ4v) is 5.12. The number of benzene rings is 2. The van der Waals surface area contributed by atoms with Gasteiger partial charge in [0, 0.05) is 21.8 Å². The van der Waals surface area contributed by atoms with Crippen LogP contribution in [0.1, 0.15) is 29.1 Å². The minimum absolute atomic E-state index is 0.233. The lowest BCUT2D eigenvalue weighted by Gasteiger charge is -2.26. The van der Waals surface area contributed by atoms with Crippen LogP contribution in [0.15, 0.2) is 93.4 Å². The molecule has 0 radical (unpaired) electrons. The van der Waals surface area contributed by atoms with E-state index < -0.39 is 0 Å². The third kappa shape index (κ3) is 4.49. The van der Waals surface area contributed by atoms with Crippen LogP contribution < -0.4 is 10.2 Å². The van der Waals surface area contributed by atoms with Crippen molar-refractivity contribution in [1.29, 1.82) is 0 Å². The first-order chi connectivity index (χ1) is 16.0. The number of aryl methyl sites for hydroxylation is 1. The van der Waals surface area contributed by atoms with E-state index in [1.54, 1.807) is 25.3 Å². The van der Waals surface area contributed by atoms with Crippen LogP contribution in [0.25, 0.3) is 0 Å². The van der Waals surface area contributed by atoms with Crippen molar-refractivity contribution < 1.29 is 8.81 Å². The molecule has 1 saturated heterocycles. The van der Waals surface area contributed by atoms with Crippen LogP contribution in [-0.2, 0) is 0 Å². The maximum atomic E-state index is 14.0. The summed E-state index contributed by atoms with van der Waals surface area (Å²) in [6, 6.07) is 21.7. The Balaban J connectivity index is 1.53. The summed E-state index contributed by atoms with van der Waals surface area (Å²) in [6.07, 6.45) is 1.76. The number of nitrogens with one attached hydrogen (secondary N) is 1. The van der Waals surface area contributed by atoms with Crippen LogP contribution in [0, 0.1) is 12.7 Å². The summed E-state index contributed by atoms with van der Waals surface area (Å²) in [5, 5.41) is 5.36. The van der Waals surface area contributed by atoms with Gasteiger partial charge in [-0.1, -0.05) is 29.4 Å². The van der Waals surface area contributed by atoms with Crippen molar-refractivity contribution in [2.24, 2.45) is 0 Å². The normalized spacial score (nSPS) is 17.9. The molecule has 1 aliphatic heterocycles. The number of hydrogen-bond acceptors (Lipinski definition) is 4. The standard InChI is InChI=1S/C25H19ClFN3OS2/c1-15-14-17(7-10-19(15)27)30-24(23(29-25(30)32)20-4-2-3-13-28-20)21-11-12-22(31-21)33-18-8-5-16(26)6-9-18/h2-14,23-24H,1H3,(H,29,32)/t23-,24-/m0/s1. The number of halogens is 2. The predicted molar refractivity (Wildman–Crippen MR) is 133 cm³/mol. The van der Waals surface area contributed by atoms with E-state index in [1.807, 2.05) is 59.5 Å². The minimum atomic E-state index is -0.295. The molecular formula is C25H19ClFN3OS2. The highest BCUT2D eigenvalue weighted by atomic mass is 35.5. The molecule has 4 nitrogen and oxygen atoms in total. The van der Waals surface area contributed by atoms with Gasteiger partial charge >= 0.3 is 0 Å². The molecule has 2 atom stereocenters. The van der Waals surface area contributed by atoms with Gasteiger partial charge in [0.25, 0.3) is 0 Å². The molecular weight excluding hydrogens is 477 g/mol. The average molecular weight is 496 g/mol. The Labute approximate surface area is 205 Å². The summed E-state index contributed by atoms with van der Waals surface area (Å²) < 4.78 is 20.3. The lowest BCUT2D eigenvalue weighted by molar-refractivity contribution is 0.383. The second-order valence-electron chi connectivity index (χ2n) is 7.64. The average Bonchev–Trinajstić information content (AvgIpc) is 3.42. The van der Waals surface area contributed by atoms with Crippen molar-refractivity contribution in [3.8, 4) is 0 Å². The molecule has 0 saturated carbocycles. The Morgan fingerprint density at radius 1 is 1.09 bits per heavy atom. The van der Waals surface area contributed by atoms with Crippen LogP contribution in [0.4, 0.5) is 10.1 Å². The van der Waals surface area contributed by atoms with Crippen LogP contribution in [-0.4, -0.2) is 10.1 Å². The molecule has 1 aliphatic rings. The first-order valence-electron chi connectivity index (χ1n) is 10.3. The number of furan rings is 1. The number of anilines is 1. The second kappa shape index (κ2) is 9.17. The van der Waals surface area contributed by atoms with Crippen LogP contribution >= 0.6 is 35.6 Å². The number of hydrogen-bond donors (Lipinski definition) is 1.